The normalized spacial score (nSPS) is 13.0. The summed E-state index contributed by atoms with van der Waals surface area (Å²) in [6.45, 7) is 4.71. The lowest BCUT2D eigenvalue weighted by atomic mass is 10.0. The molecule has 0 aliphatic heterocycles. The lowest BCUT2D eigenvalue weighted by Gasteiger charge is -2.31. The molecular weight excluding hydrogens is 679 g/mol. The first-order valence-electron chi connectivity index (χ1n) is 22.7. The number of likely N-dealkylation sites (N-methyl/N-ethyl adjacent to an activating group) is 1. The minimum atomic E-state index is -0.874. The summed E-state index contributed by atoms with van der Waals surface area (Å²) < 4.78 is 17.2. The van der Waals surface area contributed by atoms with Crippen LogP contribution in [0.5, 0.6) is 0 Å². The highest BCUT2D eigenvalue weighted by Gasteiger charge is 2.31. The Morgan fingerprint density at radius 1 is 0.537 bits per heavy atom. The van der Waals surface area contributed by atoms with E-state index < -0.39 is 18.1 Å². The number of aliphatic carboxylic acids is 1. The van der Waals surface area contributed by atoms with Gasteiger partial charge in [0.2, 0.25) is 0 Å². The van der Waals surface area contributed by atoms with Crippen LogP contribution in [0.1, 0.15) is 213 Å². The Balaban J connectivity index is 4.07. The van der Waals surface area contributed by atoms with E-state index in [4.69, 9.17) is 14.2 Å². The largest absolute Gasteiger partial charge is 0.477 e. The Labute approximate surface area is 333 Å². The maximum atomic E-state index is 12.6. The Hall–Kier alpha value is -1.93. The number of carboxylic acids is 1. The molecule has 0 bridgehead atoms. The van der Waals surface area contributed by atoms with Gasteiger partial charge < -0.3 is 23.8 Å². The predicted molar refractivity (Wildman–Crippen MR) is 225 cm³/mol. The molecule has 0 amide bonds. The first-order valence-corrected chi connectivity index (χ1v) is 22.7. The highest BCUT2D eigenvalue weighted by atomic mass is 16.6. The van der Waals surface area contributed by atoms with Crippen molar-refractivity contribution in [3.05, 3.63) is 12.2 Å². The summed E-state index contributed by atoms with van der Waals surface area (Å²) in [7, 11) is 5.52. The second-order valence-electron chi connectivity index (χ2n) is 16.7. The molecule has 2 atom stereocenters. The molecule has 0 aromatic carbocycles. The van der Waals surface area contributed by atoms with Gasteiger partial charge >= 0.3 is 17.9 Å². The van der Waals surface area contributed by atoms with Gasteiger partial charge in [0.15, 0.2) is 12.1 Å². The monoisotopic (exact) mass is 767 g/mol. The standard InChI is InChI=1S/C46H87NO7/c1-6-8-10-12-14-15-16-17-18-19-20-21-22-23-24-25-26-27-28-29-31-32-34-36-44(48)53-41-42(40-52-39-38-43(46(50)51)47(3,4)5)54-45(49)37-35-33-30-13-11-9-7-2/h23-24,42-43H,6-22,25-41H2,1-5H3/p+1/b24-23+. The van der Waals surface area contributed by atoms with Crippen LogP contribution in [-0.2, 0) is 28.6 Å². The van der Waals surface area contributed by atoms with E-state index in [1.165, 1.54) is 141 Å². The average molecular weight is 767 g/mol. The number of esters is 2. The van der Waals surface area contributed by atoms with Gasteiger partial charge in [-0.2, -0.15) is 0 Å². The number of rotatable bonds is 41. The number of unbranched alkanes of at least 4 members (excludes halogenated alkanes) is 25. The smallest absolute Gasteiger partial charge is 0.362 e. The minimum absolute atomic E-state index is 0.0485. The van der Waals surface area contributed by atoms with Crippen LogP contribution in [0.25, 0.3) is 0 Å². The first kappa shape index (κ1) is 52.1. The summed E-state index contributed by atoms with van der Waals surface area (Å²) in [5.74, 6) is -1.47. The van der Waals surface area contributed by atoms with Crippen molar-refractivity contribution in [2.45, 2.75) is 225 Å². The molecule has 8 nitrogen and oxygen atoms in total. The Kier molecular flexibility index (Phi) is 36.6. The van der Waals surface area contributed by atoms with E-state index in [1.807, 2.05) is 21.1 Å². The second kappa shape index (κ2) is 38.0. The number of nitrogens with zero attached hydrogens (tertiary/aromatic N) is 1. The van der Waals surface area contributed by atoms with Crippen LogP contribution in [-0.4, -0.2) is 80.6 Å². The van der Waals surface area contributed by atoms with Gasteiger partial charge in [0, 0.05) is 19.3 Å². The molecule has 0 aromatic heterocycles. The number of carboxylic acid groups (broad SMARTS) is 1. The van der Waals surface area contributed by atoms with E-state index in [-0.39, 0.29) is 36.2 Å². The van der Waals surface area contributed by atoms with Gasteiger partial charge in [-0.3, -0.25) is 9.59 Å². The lowest BCUT2D eigenvalue weighted by molar-refractivity contribution is -0.887. The van der Waals surface area contributed by atoms with Gasteiger partial charge in [-0.25, -0.2) is 4.79 Å². The van der Waals surface area contributed by atoms with Gasteiger partial charge in [0.25, 0.3) is 0 Å². The zero-order chi connectivity index (χ0) is 40.0. The fourth-order valence-electron chi connectivity index (χ4n) is 6.85. The topological polar surface area (TPSA) is 99.1 Å². The maximum Gasteiger partial charge on any atom is 0.362 e. The Morgan fingerprint density at radius 3 is 1.33 bits per heavy atom. The van der Waals surface area contributed by atoms with Crippen molar-refractivity contribution in [2.75, 3.05) is 41.0 Å². The second-order valence-corrected chi connectivity index (χ2v) is 16.7. The van der Waals surface area contributed by atoms with Gasteiger partial charge in [0.1, 0.15) is 6.61 Å². The summed E-state index contributed by atoms with van der Waals surface area (Å²) in [6, 6.07) is -0.609. The number of ether oxygens (including phenoxy) is 3. The molecule has 0 saturated heterocycles. The molecule has 0 aliphatic rings. The molecule has 0 fully saturated rings. The molecule has 0 saturated carbocycles. The highest BCUT2D eigenvalue weighted by Crippen LogP contribution is 2.15. The van der Waals surface area contributed by atoms with E-state index in [2.05, 4.69) is 26.0 Å². The zero-order valence-electron chi connectivity index (χ0n) is 36.2. The molecule has 0 radical (unpaired) electrons. The Morgan fingerprint density at radius 2 is 0.926 bits per heavy atom. The van der Waals surface area contributed by atoms with Crippen LogP contribution in [0, 0.1) is 0 Å². The van der Waals surface area contributed by atoms with E-state index in [0.29, 0.717) is 19.3 Å². The average Bonchev–Trinajstić information content (AvgIpc) is 3.12. The quantitative estimate of drug-likeness (QED) is 0.0286. The molecule has 0 rings (SSSR count). The van der Waals surface area contributed by atoms with Crippen molar-refractivity contribution >= 4 is 17.9 Å². The lowest BCUT2D eigenvalue weighted by Crippen LogP contribution is -2.50. The number of carbonyl (C=O) groups is 3. The number of allylic oxidation sites excluding steroid dienone is 2. The molecule has 2 unspecified atom stereocenters. The first-order chi connectivity index (χ1) is 26.1. The molecule has 1 N–H and O–H groups in total. The summed E-state index contributed by atoms with van der Waals surface area (Å²) >= 11 is 0. The summed E-state index contributed by atoms with van der Waals surface area (Å²) in [4.78, 5) is 36.8. The third-order valence-electron chi connectivity index (χ3n) is 10.4. The van der Waals surface area contributed by atoms with E-state index in [1.54, 1.807) is 0 Å². The highest BCUT2D eigenvalue weighted by molar-refractivity contribution is 5.72. The molecule has 0 aliphatic carbocycles. The van der Waals surface area contributed by atoms with Crippen LogP contribution in [0.15, 0.2) is 12.2 Å². The van der Waals surface area contributed by atoms with Gasteiger partial charge in [-0.1, -0.05) is 167 Å². The van der Waals surface area contributed by atoms with Gasteiger partial charge in [0.05, 0.1) is 34.4 Å². The van der Waals surface area contributed by atoms with Crippen molar-refractivity contribution in [3.63, 3.8) is 0 Å². The molecule has 318 valence electrons. The Bertz CT molecular complexity index is 900. The van der Waals surface area contributed by atoms with Crippen LogP contribution >= 0.6 is 0 Å². The van der Waals surface area contributed by atoms with Crippen molar-refractivity contribution in [3.8, 4) is 0 Å². The molecule has 0 heterocycles. The number of hydrogen-bond donors (Lipinski definition) is 1. The van der Waals surface area contributed by atoms with Crippen molar-refractivity contribution in [2.24, 2.45) is 0 Å². The SMILES string of the molecule is CCCCCCCCCCCCCC/C=C/CCCCCCCCCC(=O)OCC(COCCC(C(=O)O)[N+](C)(C)C)OC(=O)CCCCCCCCC. The number of hydrogen-bond acceptors (Lipinski definition) is 6. The van der Waals surface area contributed by atoms with Crippen molar-refractivity contribution in [1.29, 1.82) is 0 Å². The van der Waals surface area contributed by atoms with Crippen LogP contribution in [0.2, 0.25) is 0 Å². The summed E-state index contributed by atoms with van der Waals surface area (Å²) in [5, 5.41) is 9.58. The van der Waals surface area contributed by atoms with Crippen molar-refractivity contribution in [1.82, 2.24) is 0 Å². The minimum Gasteiger partial charge on any atom is -0.477 e. The summed E-state index contributed by atoms with van der Waals surface area (Å²) in [6.07, 6.45) is 40.0. The third kappa shape index (κ3) is 35.8. The van der Waals surface area contributed by atoms with Gasteiger partial charge in [-0.05, 0) is 38.5 Å². The molecule has 8 heteroatoms. The summed E-state index contributed by atoms with van der Waals surface area (Å²) in [5.41, 5.74) is 0. The third-order valence-corrected chi connectivity index (χ3v) is 10.4. The maximum absolute atomic E-state index is 12.6. The number of carbonyl (C=O) groups excluding carboxylic acids is 2. The molecule has 0 spiro atoms. The van der Waals surface area contributed by atoms with Crippen LogP contribution < -0.4 is 0 Å². The van der Waals surface area contributed by atoms with Crippen LogP contribution in [0.3, 0.4) is 0 Å². The van der Waals surface area contributed by atoms with E-state index >= 15 is 0 Å². The van der Waals surface area contributed by atoms with Gasteiger partial charge in [-0.15, -0.1) is 0 Å². The number of quaternary nitrogens is 1. The molecule has 0 aromatic rings. The fourth-order valence-corrected chi connectivity index (χ4v) is 6.85. The van der Waals surface area contributed by atoms with Crippen molar-refractivity contribution < 1.29 is 38.2 Å². The zero-order valence-corrected chi connectivity index (χ0v) is 36.2. The van der Waals surface area contributed by atoms with E-state index in [0.717, 1.165) is 38.5 Å². The molecule has 54 heavy (non-hydrogen) atoms. The fraction of sp³-hybridized carbons (Fsp3) is 0.891. The van der Waals surface area contributed by atoms with E-state index in [9.17, 15) is 19.5 Å². The molecular formula is C46H88NO7+. The van der Waals surface area contributed by atoms with Crippen LogP contribution in [0.4, 0.5) is 0 Å². The predicted octanol–water partition coefficient (Wildman–Crippen LogP) is 12.3.